The van der Waals surface area contributed by atoms with Crippen LogP contribution in [0.15, 0.2) is 58.1 Å². The zero-order valence-corrected chi connectivity index (χ0v) is 18.1. The molecule has 0 aliphatic carbocycles. The van der Waals surface area contributed by atoms with Crippen LogP contribution in [0, 0.1) is 0 Å². The molecule has 1 N–H and O–H groups in total. The number of fused-ring (bicyclic) bond motifs is 2. The minimum Gasteiger partial charge on any atom is -0.497 e. The molecule has 0 radical (unpaired) electrons. The van der Waals surface area contributed by atoms with E-state index in [2.05, 4.69) is 20.4 Å². The van der Waals surface area contributed by atoms with E-state index < -0.39 is 11.5 Å². The summed E-state index contributed by atoms with van der Waals surface area (Å²) in [7, 11) is 1.58. The highest BCUT2D eigenvalue weighted by atomic mass is 35.5. The van der Waals surface area contributed by atoms with Gasteiger partial charge in [0.2, 0.25) is 5.91 Å². The Balaban J connectivity index is 1.42. The van der Waals surface area contributed by atoms with Crippen LogP contribution >= 0.6 is 22.9 Å². The molecule has 0 spiro atoms. The fraction of sp³-hybridized carbons (Fsp3) is 0.0952. The summed E-state index contributed by atoms with van der Waals surface area (Å²) in [5, 5.41) is 7.87. The van der Waals surface area contributed by atoms with Gasteiger partial charge in [-0.3, -0.25) is 14.2 Å². The summed E-state index contributed by atoms with van der Waals surface area (Å²) in [4.78, 5) is 34.1. The Bertz CT molecular complexity index is 1520. The quantitative estimate of drug-likeness (QED) is 0.416. The number of benzene rings is 2. The number of ether oxygens (including phenoxy) is 1. The summed E-state index contributed by atoms with van der Waals surface area (Å²) in [5.41, 5.74) is 1.38. The molecule has 0 saturated heterocycles. The van der Waals surface area contributed by atoms with Crippen LogP contribution in [0.3, 0.4) is 0 Å². The van der Waals surface area contributed by atoms with E-state index in [1.807, 2.05) is 12.1 Å². The van der Waals surface area contributed by atoms with Crippen molar-refractivity contribution in [1.29, 1.82) is 0 Å². The third kappa shape index (κ3) is 3.70. The Labute approximate surface area is 189 Å². The van der Waals surface area contributed by atoms with Crippen molar-refractivity contribution in [3.63, 3.8) is 0 Å². The van der Waals surface area contributed by atoms with Crippen LogP contribution in [-0.4, -0.2) is 32.7 Å². The predicted octanol–water partition coefficient (Wildman–Crippen LogP) is 3.96. The molecule has 0 atom stereocenters. The maximum absolute atomic E-state index is 13.0. The Morgan fingerprint density at radius 2 is 2.06 bits per heavy atom. The van der Waals surface area contributed by atoms with Crippen molar-refractivity contribution >= 4 is 55.3 Å². The van der Waals surface area contributed by atoms with Gasteiger partial charge in [-0.05, 0) is 30.3 Å². The molecular weight excluding hydrogens is 454 g/mol. The van der Waals surface area contributed by atoms with E-state index in [0.717, 1.165) is 10.2 Å². The van der Waals surface area contributed by atoms with E-state index in [4.69, 9.17) is 20.9 Å². The van der Waals surface area contributed by atoms with Crippen molar-refractivity contribution in [3.05, 3.63) is 64.2 Å². The average Bonchev–Trinajstić information content (AvgIpc) is 3.39. The maximum atomic E-state index is 13.0. The second-order valence-corrected chi connectivity index (χ2v) is 8.26. The minimum absolute atomic E-state index is 0.0942. The van der Waals surface area contributed by atoms with Crippen LogP contribution in [-0.2, 0) is 11.3 Å². The first-order valence-corrected chi connectivity index (χ1v) is 10.6. The summed E-state index contributed by atoms with van der Waals surface area (Å²) >= 11 is 7.25. The number of nitrogens with one attached hydrogen (secondary N) is 1. The van der Waals surface area contributed by atoms with Crippen molar-refractivity contribution in [1.82, 2.24) is 19.7 Å². The number of carbonyl (C=O) groups is 1. The molecule has 5 aromatic rings. The number of rotatable bonds is 5. The van der Waals surface area contributed by atoms with Crippen LogP contribution in [0.2, 0.25) is 5.02 Å². The molecule has 0 aliphatic rings. The summed E-state index contributed by atoms with van der Waals surface area (Å²) in [6.45, 7) is -0.244. The largest absolute Gasteiger partial charge is 0.497 e. The van der Waals surface area contributed by atoms with E-state index in [-0.39, 0.29) is 17.6 Å². The van der Waals surface area contributed by atoms with Crippen LogP contribution in [0.5, 0.6) is 5.75 Å². The molecule has 5 rings (SSSR count). The normalized spacial score (nSPS) is 11.2. The molecule has 0 unspecified atom stereocenters. The highest BCUT2D eigenvalue weighted by Gasteiger charge is 2.18. The van der Waals surface area contributed by atoms with Gasteiger partial charge >= 0.3 is 0 Å². The highest BCUT2D eigenvalue weighted by Crippen LogP contribution is 2.29. The monoisotopic (exact) mass is 467 g/mol. The number of hydrogen-bond donors (Lipinski definition) is 1. The van der Waals surface area contributed by atoms with Gasteiger partial charge in [0, 0.05) is 10.6 Å². The number of carbonyl (C=O) groups excluding carboxylic acids is 1. The minimum atomic E-state index is -0.439. The fourth-order valence-corrected chi connectivity index (χ4v) is 4.23. The molecular formula is C21H14ClN5O4S. The topological polar surface area (TPSA) is 112 Å². The number of thiazole rings is 1. The molecule has 2 aromatic carbocycles. The molecule has 32 heavy (non-hydrogen) atoms. The van der Waals surface area contributed by atoms with Crippen LogP contribution in [0.4, 0.5) is 5.13 Å². The fourth-order valence-electron chi connectivity index (χ4n) is 3.20. The van der Waals surface area contributed by atoms with Crippen molar-refractivity contribution in [2.45, 2.75) is 6.54 Å². The van der Waals surface area contributed by atoms with Gasteiger partial charge in [0.25, 0.3) is 11.3 Å². The van der Waals surface area contributed by atoms with E-state index in [9.17, 15) is 9.59 Å². The Kier molecular flexibility index (Phi) is 5.08. The molecule has 160 valence electrons. The van der Waals surface area contributed by atoms with E-state index in [1.165, 1.54) is 22.2 Å². The zero-order valence-electron chi connectivity index (χ0n) is 16.5. The number of methoxy groups -OCH3 is 1. The molecule has 0 aliphatic heterocycles. The first-order chi connectivity index (χ1) is 15.5. The maximum Gasteiger partial charge on any atom is 0.267 e. The smallest absolute Gasteiger partial charge is 0.267 e. The van der Waals surface area contributed by atoms with Crippen molar-refractivity contribution in [3.8, 4) is 17.0 Å². The van der Waals surface area contributed by atoms with Crippen LogP contribution < -0.4 is 15.6 Å². The van der Waals surface area contributed by atoms with Gasteiger partial charge in [0.15, 0.2) is 5.13 Å². The van der Waals surface area contributed by atoms with Gasteiger partial charge < -0.3 is 14.6 Å². The van der Waals surface area contributed by atoms with Gasteiger partial charge in [-0.1, -0.05) is 40.2 Å². The molecule has 3 aromatic heterocycles. The van der Waals surface area contributed by atoms with Gasteiger partial charge in [0.1, 0.15) is 29.7 Å². The summed E-state index contributed by atoms with van der Waals surface area (Å²) in [5.74, 6) is 0.291. The highest BCUT2D eigenvalue weighted by molar-refractivity contribution is 7.22. The summed E-state index contributed by atoms with van der Waals surface area (Å²) in [6.07, 6.45) is 1.25. The van der Waals surface area contributed by atoms with Crippen LogP contribution in [0.25, 0.3) is 32.6 Å². The first kappa shape index (κ1) is 20.2. The second-order valence-electron chi connectivity index (χ2n) is 6.80. The Morgan fingerprint density at radius 3 is 2.84 bits per heavy atom. The van der Waals surface area contributed by atoms with Crippen molar-refractivity contribution in [2.75, 3.05) is 12.4 Å². The molecule has 1 amide bonds. The molecule has 11 heteroatoms. The number of hydrogen-bond acceptors (Lipinski definition) is 8. The average molecular weight is 468 g/mol. The van der Waals surface area contributed by atoms with Gasteiger partial charge in [-0.25, -0.2) is 9.97 Å². The zero-order chi connectivity index (χ0) is 22.2. The second kappa shape index (κ2) is 8.06. The molecule has 0 bridgehead atoms. The van der Waals surface area contributed by atoms with Gasteiger partial charge in [0.05, 0.1) is 17.3 Å². The Morgan fingerprint density at radius 1 is 1.25 bits per heavy atom. The Hall–Kier alpha value is -3.76. The summed E-state index contributed by atoms with van der Waals surface area (Å²) in [6, 6.07) is 12.3. The standard InChI is InChI=1S/C21H14ClN5O4S/c1-30-13-6-7-14-15(8-13)32-21(24-14)25-16(28)9-27-10-23-19-17(20(27)29)18(26-31-19)11-2-4-12(22)5-3-11/h2-8,10H,9H2,1H3,(H,24,25,28). The molecule has 3 heterocycles. The predicted molar refractivity (Wildman–Crippen MR) is 121 cm³/mol. The lowest BCUT2D eigenvalue weighted by Crippen LogP contribution is -2.27. The number of aromatic nitrogens is 4. The van der Waals surface area contributed by atoms with E-state index in [0.29, 0.717) is 27.2 Å². The van der Waals surface area contributed by atoms with Crippen molar-refractivity contribution in [2.24, 2.45) is 0 Å². The number of amides is 1. The lowest BCUT2D eigenvalue weighted by molar-refractivity contribution is -0.116. The molecule has 0 fully saturated rings. The number of anilines is 1. The molecule has 9 nitrogen and oxygen atoms in total. The first-order valence-electron chi connectivity index (χ1n) is 9.37. The lowest BCUT2D eigenvalue weighted by atomic mass is 10.1. The number of nitrogens with zero attached hydrogens (tertiary/aromatic N) is 4. The third-order valence-electron chi connectivity index (χ3n) is 4.74. The van der Waals surface area contributed by atoms with E-state index in [1.54, 1.807) is 37.4 Å². The van der Waals surface area contributed by atoms with Gasteiger partial charge in [-0.15, -0.1) is 0 Å². The molecule has 0 saturated carbocycles. The summed E-state index contributed by atoms with van der Waals surface area (Å²) < 4.78 is 12.5. The van der Waals surface area contributed by atoms with Crippen LogP contribution in [0.1, 0.15) is 0 Å². The van der Waals surface area contributed by atoms with Crippen molar-refractivity contribution < 1.29 is 14.1 Å². The van der Waals surface area contributed by atoms with E-state index >= 15 is 0 Å². The number of halogens is 1. The lowest BCUT2D eigenvalue weighted by Gasteiger charge is -2.05. The SMILES string of the molecule is COc1ccc2nc(NC(=O)Cn3cnc4onc(-c5ccc(Cl)cc5)c4c3=O)sc2c1. The third-order valence-corrected chi connectivity index (χ3v) is 5.92. The van der Waals surface area contributed by atoms with Gasteiger partial charge in [-0.2, -0.15) is 0 Å².